The summed E-state index contributed by atoms with van der Waals surface area (Å²) in [4.78, 5) is 4.27. The quantitative estimate of drug-likeness (QED) is 0.680. The lowest BCUT2D eigenvalue weighted by Gasteiger charge is -2.30. The van der Waals surface area contributed by atoms with E-state index in [1.54, 1.807) is 13.4 Å². The van der Waals surface area contributed by atoms with Crippen molar-refractivity contribution < 1.29 is 9.84 Å². The van der Waals surface area contributed by atoms with Gasteiger partial charge >= 0.3 is 0 Å². The zero-order valence-corrected chi connectivity index (χ0v) is 17.0. The van der Waals surface area contributed by atoms with Crippen molar-refractivity contribution in [2.45, 2.75) is 33.7 Å². The summed E-state index contributed by atoms with van der Waals surface area (Å²) in [6, 6.07) is 9.57. The number of benzene rings is 1. The number of aliphatic hydroxyl groups excluding tert-OH is 1. The van der Waals surface area contributed by atoms with Crippen LogP contribution in [0.1, 0.15) is 26.5 Å². The van der Waals surface area contributed by atoms with Gasteiger partial charge in [0.15, 0.2) is 0 Å². The van der Waals surface area contributed by atoms with Crippen molar-refractivity contribution in [2.75, 3.05) is 19.0 Å². The van der Waals surface area contributed by atoms with Gasteiger partial charge in [-0.2, -0.15) is 0 Å². The SMILES string of the molecule is COc1cc(-c2ccc(N[C@H](CO)C(C)(C)C)nn2)ccc1-n1cnc(C)c1. The minimum absolute atomic E-state index is 0.0271. The molecule has 1 aromatic carbocycles. The van der Waals surface area contributed by atoms with E-state index in [0.717, 1.165) is 28.4 Å². The van der Waals surface area contributed by atoms with Crippen LogP contribution in [0.4, 0.5) is 5.82 Å². The molecule has 0 spiro atoms. The monoisotopic (exact) mass is 381 g/mol. The summed E-state index contributed by atoms with van der Waals surface area (Å²) in [6.07, 6.45) is 3.71. The molecule has 2 N–H and O–H groups in total. The van der Waals surface area contributed by atoms with Crippen molar-refractivity contribution in [1.29, 1.82) is 0 Å². The lowest BCUT2D eigenvalue weighted by molar-refractivity contribution is 0.201. The molecule has 2 aromatic heterocycles. The zero-order chi connectivity index (χ0) is 20.3. The Labute approximate surface area is 165 Å². The molecule has 2 heterocycles. The number of aliphatic hydroxyl groups is 1. The number of aryl methyl sites for hydroxylation is 1. The smallest absolute Gasteiger partial charge is 0.148 e. The van der Waals surface area contributed by atoms with E-state index in [1.165, 1.54) is 0 Å². The van der Waals surface area contributed by atoms with Crippen LogP contribution in [0.5, 0.6) is 5.75 Å². The third-order valence-corrected chi connectivity index (χ3v) is 4.68. The van der Waals surface area contributed by atoms with E-state index < -0.39 is 0 Å². The summed E-state index contributed by atoms with van der Waals surface area (Å²) in [5.74, 6) is 1.36. The molecule has 0 aliphatic carbocycles. The Balaban J connectivity index is 1.84. The molecule has 0 aliphatic heterocycles. The van der Waals surface area contributed by atoms with Gasteiger partial charge in [-0.15, -0.1) is 10.2 Å². The van der Waals surface area contributed by atoms with Gasteiger partial charge in [0.05, 0.1) is 43.2 Å². The number of aromatic nitrogens is 4. The number of hydrogen-bond donors (Lipinski definition) is 2. The van der Waals surface area contributed by atoms with Crippen LogP contribution in [0.15, 0.2) is 42.9 Å². The molecule has 0 saturated carbocycles. The molecule has 148 valence electrons. The van der Waals surface area contributed by atoms with Gasteiger partial charge in [-0.3, -0.25) is 0 Å². The fourth-order valence-electron chi connectivity index (χ4n) is 2.88. The molecular weight excluding hydrogens is 354 g/mol. The van der Waals surface area contributed by atoms with Crippen LogP contribution in [0.25, 0.3) is 16.9 Å². The number of ether oxygens (including phenoxy) is 1. The Kier molecular flexibility index (Phi) is 5.65. The minimum atomic E-state index is -0.106. The highest BCUT2D eigenvalue weighted by Crippen LogP contribution is 2.29. The molecule has 7 heteroatoms. The van der Waals surface area contributed by atoms with Crippen LogP contribution in [-0.4, -0.2) is 44.6 Å². The highest BCUT2D eigenvalue weighted by Gasteiger charge is 2.24. The van der Waals surface area contributed by atoms with Crippen LogP contribution in [-0.2, 0) is 0 Å². The Morgan fingerprint density at radius 3 is 2.50 bits per heavy atom. The van der Waals surface area contributed by atoms with Crippen LogP contribution < -0.4 is 10.1 Å². The Hall–Kier alpha value is -2.93. The second-order valence-electron chi connectivity index (χ2n) is 7.86. The Bertz CT molecular complexity index is 929. The molecule has 0 fully saturated rings. The van der Waals surface area contributed by atoms with Gasteiger partial charge in [0.2, 0.25) is 0 Å². The second-order valence-corrected chi connectivity index (χ2v) is 7.86. The first-order valence-corrected chi connectivity index (χ1v) is 9.22. The third-order valence-electron chi connectivity index (χ3n) is 4.68. The molecule has 0 amide bonds. The number of anilines is 1. The number of rotatable bonds is 6. The maximum atomic E-state index is 9.60. The number of imidazole rings is 1. The van der Waals surface area contributed by atoms with Crippen molar-refractivity contribution >= 4 is 5.82 Å². The molecule has 1 atom stereocenters. The number of nitrogens with zero attached hydrogens (tertiary/aromatic N) is 4. The van der Waals surface area contributed by atoms with Crippen LogP contribution in [0.3, 0.4) is 0 Å². The van der Waals surface area contributed by atoms with Gasteiger partial charge in [-0.25, -0.2) is 4.98 Å². The first kappa shape index (κ1) is 19.8. The highest BCUT2D eigenvalue weighted by atomic mass is 16.5. The first-order valence-electron chi connectivity index (χ1n) is 9.22. The summed E-state index contributed by atoms with van der Waals surface area (Å²) >= 11 is 0. The van der Waals surface area contributed by atoms with Gasteiger partial charge in [0, 0.05) is 11.8 Å². The summed E-state index contributed by atoms with van der Waals surface area (Å²) in [6.45, 7) is 8.18. The lowest BCUT2D eigenvalue weighted by atomic mass is 9.87. The van der Waals surface area contributed by atoms with Crippen LogP contribution >= 0.6 is 0 Å². The predicted octanol–water partition coefficient (Wildman–Crippen LogP) is 3.47. The van der Waals surface area contributed by atoms with Gasteiger partial charge in [-0.05, 0) is 36.6 Å². The fraction of sp³-hybridized carbons (Fsp3) is 0.381. The first-order chi connectivity index (χ1) is 13.3. The van der Waals surface area contributed by atoms with Gasteiger partial charge < -0.3 is 19.7 Å². The average molecular weight is 381 g/mol. The minimum Gasteiger partial charge on any atom is -0.495 e. The molecule has 7 nitrogen and oxygen atoms in total. The van der Waals surface area contributed by atoms with E-state index >= 15 is 0 Å². The number of nitrogens with one attached hydrogen (secondary N) is 1. The lowest BCUT2D eigenvalue weighted by Crippen LogP contribution is -2.37. The van der Waals surface area contributed by atoms with Gasteiger partial charge in [-0.1, -0.05) is 26.8 Å². The molecule has 3 aromatic rings. The van der Waals surface area contributed by atoms with Crippen LogP contribution in [0.2, 0.25) is 0 Å². The number of methoxy groups -OCH3 is 1. The van der Waals surface area contributed by atoms with Crippen molar-refractivity contribution in [1.82, 2.24) is 19.7 Å². The van der Waals surface area contributed by atoms with Crippen molar-refractivity contribution in [3.05, 3.63) is 48.5 Å². The van der Waals surface area contributed by atoms with E-state index in [9.17, 15) is 5.11 Å². The highest BCUT2D eigenvalue weighted by molar-refractivity contribution is 5.65. The van der Waals surface area contributed by atoms with E-state index in [0.29, 0.717) is 5.82 Å². The van der Waals surface area contributed by atoms with E-state index in [1.807, 2.05) is 48.0 Å². The third kappa shape index (κ3) is 4.31. The van der Waals surface area contributed by atoms with Crippen molar-refractivity contribution in [2.24, 2.45) is 5.41 Å². The maximum Gasteiger partial charge on any atom is 0.148 e. The fourth-order valence-corrected chi connectivity index (χ4v) is 2.88. The summed E-state index contributed by atoms with van der Waals surface area (Å²) in [7, 11) is 1.65. The van der Waals surface area contributed by atoms with Crippen molar-refractivity contribution in [3.8, 4) is 22.7 Å². The van der Waals surface area contributed by atoms with E-state index in [2.05, 4.69) is 41.3 Å². The summed E-state index contributed by atoms with van der Waals surface area (Å²) < 4.78 is 7.49. The Morgan fingerprint density at radius 1 is 1.18 bits per heavy atom. The van der Waals surface area contributed by atoms with Crippen LogP contribution in [0, 0.1) is 12.3 Å². The largest absolute Gasteiger partial charge is 0.495 e. The molecule has 28 heavy (non-hydrogen) atoms. The molecule has 0 unspecified atom stereocenters. The van der Waals surface area contributed by atoms with Gasteiger partial charge in [0.1, 0.15) is 11.6 Å². The second kappa shape index (κ2) is 7.98. The summed E-state index contributed by atoms with van der Waals surface area (Å²) in [5, 5.41) is 21.4. The summed E-state index contributed by atoms with van der Waals surface area (Å²) in [5.41, 5.74) is 3.41. The molecular formula is C21H27N5O2. The molecule has 3 rings (SSSR count). The van der Waals surface area contributed by atoms with Crippen molar-refractivity contribution in [3.63, 3.8) is 0 Å². The van der Waals surface area contributed by atoms with Gasteiger partial charge in [0.25, 0.3) is 0 Å². The Morgan fingerprint density at radius 2 is 1.96 bits per heavy atom. The number of hydrogen-bond acceptors (Lipinski definition) is 6. The predicted molar refractivity (Wildman–Crippen MR) is 110 cm³/mol. The molecule has 0 saturated heterocycles. The van der Waals surface area contributed by atoms with E-state index in [-0.39, 0.29) is 18.1 Å². The standard InChI is InChI=1S/C21H27N5O2/c1-14-11-26(13-22-14)17-8-6-15(10-18(17)28-5)16-7-9-20(25-24-16)23-19(12-27)21(2,3)4/h6-11,13,19,27H,12H2,1-5H3,(H,23,25)/t19-/m1/s1. The average Bonchev–Trinajstić information content (AvgIpc) is 3.11. The zero-order valence-electron chi connectivity index (χ0n) is 17.0. The molecule has 0 radical (unpaired) electrons. The normalized spacial score (nSPS) is 12.6. The van der Waals surface area contributed by atoms with E-state index in [4.69, 9.17) is 4.74 Å². The maximum absolute atomic E-state index is 9.60. The molecule has 0 aliphatic rings. The molecule has 0 bridgehead atoms. The topological polar surface area (TPSA) is 85.1 Å².